The van der Waals surface area contributed by atoms with Crippen LogP contribution in [0.4, 0.5) is 5.82 Å². The molecule has 1 heterocycles. The Morgan fingerprint density at radius 2 is 2.19 bits per heavy atom. The summed E-state index contributed by atoms with van der Waals surface area (Å²) >= 11 is 0. The lowest BCUT2D eigenvalue weighted by Gasteiger charge is -2.22. The van der Waals surface area contributed by atoms with Crippen LogP contribution >= 0.6 is 0 Å². The molecule has 16 heavy (non-hydrogen) atoms. The number of anilines is 1. The van der Waals surface area contributed by atoms with Gasteiger partial charge in [-0.15, -0.1) is 0 Å². The predicted octanol–water partition coefficient (Wildman–Crippen LogP) is 0.982. The summed E-state index contributed by atoms with van der Waals surface area (Å²) in [6, 6.07) is 0.332. The standard InChI is InChI=1S/C11H18N4O/c1-5-8-10(11(12)16)13-6-9(14-8)15(4)7(2)3/h6-7H,5H2,1-4H3,(H2,12,16). The van der Waals surface area contributed by atoms with Gasteiger partial charge in [-0.25, -0.2) is 9.97 Å². The van der Waals surface area contributed by atoms with Gasteiger partial charge in [0.15, 0.2) is 0 Å². The molecule has 5 heteroatoms. The summed E-state index contributed by atoms with van der Waals surface area (Å²) < 4.78 is 0. The lowest BCUT2D eigenvalue weighted by atomic mass is 10.2. The van der Waals surface area contributed by atoms with Crippen LogP contribution < -0.4 is 10.6 Å². The van der Waals surface area contributed by atoms with E-state index in [-0.39, 0.29) is 5.69 Å². The minimum atomic E-state index is -0.525. The molecule has 5 nitrogen and oxygen atoms in total. The molecule has 0 spiro atoms. The number of nitrogens with two attached hydrogens (primary N) is 1. The van der Waals surface area contributed by atoms with Crippen molar-refractivity contribution < 1.29 is 4.79 Å². The summed E-state index contributed by atoms with van der Waals surface area (Å²) in [5.41, 5.74) is 6.14. The molecule has 0 aliphatic heterocycles. The molecule has 1 aromatic heterocycles. The number of aryl methyl sites for hydroxylation is 1. The van der Waals surface area contributed by atoms with Crippen molar-refractivity contribution in [1.82, 2.24) is 9.97 Å². The Morgan fingerprint density at radius 1 is 1.56 bits per heavy atom. The smallest absolute Gasteiger partial charge is 0.269 e. The maximum atomic E-state index is 11.1. The van der Waals surface area contributed by atoms with Gasteiger partial charge in [0.05, 0.1) is 11.9 Å². The van der Waals surface area contributed by atoms with Crippen LogP contribution in [0.1, 0.15) is 37.0 Å². The molecule has 0 bridgehead atoms. The number of hydrogen-bond acceptors (Lipinski definition) is 4. The second kappa shape index (κ2) is 4.92. The van der Waals surface area contributed by atoms with E-state index in [1.165, 1.54) is 0 Å². The number of amides is 1. The highest BCUT2D eigenvalue weighted by Crippen LogP contribution is 2.13. The molecule has 88 valence electrons. The Hall–Kier alpha value is -1.65. The second-order valence-corrected chi connectivity index (χ2v) is 3.95. The fraction of sp³-hybridized carbons (Fsp3) is 0.545. The molecule has 2 N–H and O–H groups in total. The van der Waals surface area contributed by atoms with E-state index in [4.69, 9.17) is 5.73 Å². The Kier molecular flexibility index (Phi) is 3.82. The number of rotatable bonds is 4. The third-order valence-corrected chi connectivity index (χ3v) is 2.54. The Balaban J connectivity index is 3.13. The molecule has 0 saturated heterocycles. The van der Waals surface area contributed by atoms with Gasteiger partial charge in [0, 0.05) is 13.1 Å². The average molecular weight is 222 g/mol. The van der Waals surface area contributed by atoms with Crippen LogP contribution in [-0.4, -0.2) is 29.0 Å². The van der Waals surface area contributed by atoms with Crippen molar-refractivity contribution in [3.8, 4) is 0 Å². The first-order chi connectivity index (χ1) is 7.47. The van der Waals surface area contributed by atoms with E-state index >= 15 is 0 Å². The molecule has 0 radical (unpaired) electrons. The number of aromatic nitrogens is 2. The summed E-state index contributed by atoms with van der Waals surface area (Å²) in [6.45, 7) is 6.06. The Labute approximate surface area is 95.7 Å². The van der Waals surface area contributed by atoms with E-state index in [9.17, 15) is 4.79 Å². The van der Waals surface area contributed by atoms with Crippen LogP contribution in [0.25, 0.3) is 0 Å². The maximum Gasteiger partial charge on any atom is 0.269 e. The SMILES string of the molecule is CCc1nc(N(C)C(C)C)cnc1C(N)=O. The number of carbonyl (C=O) groups is 1. The Bertz CT molecular complexity index is 390. The Morgan fingerprint density at radius 3 is 2.62 bits per heavy atom. The number of nitrogens with zero attached hydrogens (tertiary/aromatic N) is 3. The minimum absolute atomic E-state index is 0.267. The summed E-state index contributed by atoms with van der Waals surface area (Å²) in [4.78, 5) is 21.6. The van der Waals surface area contributed by atoms with Crippen molar-refractivity contribution in [3.05, 3.63) is 17.6 Å². The third kappa shape index (κ3) is 2.48. The largest absolute Gasteiger partial charge is 0.364 e. The van der Waals surface area contributed by atoms with Crippen LogP contribution in [0.3, 0.4) is 0 Å². The molecular weight excluding hydrogens is 204 g/mol. The summed E-state index contributed by atoms with van der Waals surface area (Å²) in [5, 5.41) is 0. The lowest BCUT2D eigenvalue weighted by Crippen LogP contribution is -2.28. The minimum Gasteiger partial charge on any atom is -0.364 e. The van der Waals surface area contributed by atoms with Gasteiger partial charge >= 0.3 is 0 Å². The fourth-order valence-corrected chi connectivity index (χ4v) is 1.30. The highest BCUT2D eigenvalue weighted by atomic mass is 16.1. The van der Waals surface area contributed by atoms with Crippen LogP contribution in [0.2, 0.25) is 0 Å². The van der Waals surface area contributed by atoms with Gasteiger partial charge in [0.1, 0.15) is 11.5 Å². The first-order valence-corrected chi connectivity index (χ1v) is 5.35. The van der Waals surface area contributed by atoms with E-state index in [0.717, 1.165) is 5.82 Å². The van der Waals surface area contributed by atoms with E-state index in [1.54, 1.807) is 6.20 Å². The molecule has 0 atom stereocenters. The number of primary amides is 1. The topological polar surface area (TPSA) is 72.1 Å². The highest BCUT2D eigenvalue weighted by molar-refractivity contribution is 5.91. The first-order valence-electron chi connectivity index (χ1n) is 5.35. The van der Waals surface area contributed by atoms with Crippen molar-refractivity contribution in [3.63, 3.8) is 0 Å². The van der Waals surface area contributed by atoms with E-state index in [2.05, 4.69) is 23.8 Å². The predicted molar refractivity (Wildman–Crippen MR) is 63.5 cm³/mol. The van der Waals surface area contributed by atoms with Gasteiger partial charge in [0.2, 0.25) is 0 Å². The van der Waals surface area contributed by atoms with Crippen LogP contribution in [0, 0.1) is 0 Å². The van der Waals surface area contributed by atoms with Crippen molar-refractivity contribution in [2.75, 3.05) is 11.9 Å². The molecule has 0 saturated carbocycles. The van der Waals surface area contributed by atoms with Gasteiger partial charge in [-0.1, -0.05) is 6.92 Å². The van der Waals surface area contributed by atoms with Gasteiger partial charge in [0.25, 0.3) is 5.91 Å². The molecule has 0 unspecified atom stereocenters. The molecule has 0 aliphatic rings. The first kappa shape index (κ1) is 12.4. The normalized spacial score (nSPS) is 10.6. The van der Waals surface area contributed by atoms with Crippen molar-refractivity contribution in [1.29, 1.82) is 0 Å². The van der Waals surface area contributed by atoms with Crippen LogP contribution in [0.5, 0.6) is 0 Å². The number of carbonyl (C=O) groups excluding carboxylic acids is 1. The van der Waals surface area contributed by atoms with E-state index in [0.29, 0.717) is 18.2 Å². The zero-order chi connectivity index (χ0) is 12.3. The average Bonchev–Trinajstić information content (AvgIpc) is 2.26. The highest BCUT2D eigenvalue weighted by Gasteiger charge is 2.13. The summed E-state index contributed by atoms with van der Waals surface area (Å²) in [5.74, 6) is 0.236. The quantitative estimate of drug-likeness (QED) is 0.824. The van der Waals surface area contributed by atoms with Crippen LogP contribution in [0.15, 0.2) is 6.20 Å². The number of hydrogen-bond donors (Lipinski definition) is 1. The van der Waals surface area contributed by atoms with Crippen molar-refractivity contribution in [2.24, 2.45) is 5.73 Å². The molecule has 0 aliphatic carbocycles. The zero-order valence-corrected chi connectivity index (χ0v) is 10.2. The monoisotopic (exact) mass is 222 g/mol. The maximum absolute atomic E-state index is 11.1. The lowest BCUT2D eigenvalue weighted by molar-refractivity contribution is 0.0994. The molecule has 1 aromatic rings. The molecule has 1 rings (SSSR count). The van der Waals surface area contributed by atoms with Crippen molar-refractivity contribution in [2.45, 2.75) is 33.2 Å². The van der Waals surface area contributed by atoms with Gasteiger partial charge in [-0.3, -0.25) is 4.79 Å². The van der Waals surface area contributed by atoms with Crippen molar-refractivity contribution >= 4 is 11.7 Å². The van der Waals surface area contributed by atoms with Gasteiger partial charge in [-0.05, 0) is 20.3 Å². The molecule has 1 amide bonds. The van der Waals surface area contributed by atoms with Gasteiger partial charge in [-0.2, -0.15) is 0 Å². The fourth-order valence-electron chi connectivity index (χ4n) is 1.30. The molecule has 0 aromatic carbocycles. The van der Waals surface area contributed by atoms with E-state index < -0.39 is 5.91 Å². The van der Waals surface area contributed by atoms with Crippen LogP contribution in [-0.2, 0) is 6.42 Å². The summed E-state index contributed by atoms with van der Waals surface area (Å²) in [6.07, 6.45) is 2.23. The third-order valence-electron chi connectivity index (χ3n) is 2.54. The van der Waals surface area contributed by atoms with E-state index in [1.807, 2.05) is 18.9 Å². The van der Waals surface area contributed by atoms with Gasteiger partial charge < -0.3 is 10.6 Å². The summed E-state index contributed by atoms with van der Waals surface area (Å²) in [7, 11) is 1.94. The zero-order valence-electron chi connectivity index (χ0n) is 10.2. The molecular formula is C11H18N4O. The molecule has 0 fully saturated rings. The second-order valence-electron chi connectivity index (χ2n) is 3.95.